The molecule has 0 aliphatic carbocycles. The zero-order chi connectivity index (χ0) is 29.3. The van der Waals surface area contributed by atoms with Crippen LogP contribution in [0.15, 0.2) is 66.7 Å². The van der Waals surface area contributed by atoms with Gasteiger partial charge in [0.05, 0.1) is 17.3 Å². The summed E-state index contributed by atoms with van der Waals surface area (Å²) < 4.78 is 5.80. The monoisotopic (exact) mass is 586 g/mol. The van der Waals surface area contributed by atoms with Crippen molar-refractivity contribution in [3.05, 3.63) is 77.3 Å². The minimum atomic E-state index is -0.842. The number of carbonyl (C=O) groups excluding carboxylic acids is 2. The normalized spacial score (nSPS) is 18.9. The average molecular weight is 587 g/mol. The molecule has 0 saturated carbocycles. The van der Waals surface area contributed by atoms with E-state index < -0.39 is 5.54 Å². The predicted octanol–water partition coefficient (Wildman–Crippen LogP) is 6.83. The van der Waals surface area contributed by atoms with Crippen molar-refractivity contribution < 1.29 is 14.3 Å². The largest absolute Gasteiger partial charge is 0.493 e. The summed E-state index contributed by atoms with van der Waals surface area (Å²) in [5, 5.41) is 0.364. The van der Waals surface area contributed by atoms with Gasteiger partial charge < -0.3 is 14.5 Å². The number of hydrogen-bond acceptors (Lipinski definition) is 5. The van der Waals surface area contributed by atoms with Crippen molar-refractivity contribution >= 4 is 34.9 Å². The molecule has 7 nitrogen and oxygen atoms in total. The molecular weight excluding hydrogens is 548 g/mol. The standard InChI is InChI=1S/C34H39ClN4O3/c1-3-38-33(41)39(30-16-13-26(23-29(30)35)28-9-5-6-10-31(28)42-4-2)32(40)34(38)17-21-36(22-18-34)24-25-11-14-27(15-12-25)37-19-7-8-20-37/h5-6,9-16,23H,3-4,7-8,17-22,24H2,1-2H3. The van der Waals surface area contributed by atoms with E-state index in [1.807, 2.05) is 50.2 Å². The second-order valence-corrected chi connectivity index (χ2v) is 11.8. The second-order valence-electron chi connectivity index (χ2n) is 11.4. The van der Waals surface area contributed by atoms with Crippen molar-refractivity contribution in [3.63, 3.8) is 0 Å². The van der Waals surface area contributed by atoms with E-state index >= 15 is 0 Å². The van der Waals surface area contributed by atoms with E-state index in [1.54, 1.807) is 11.0 Å². The number of likely N-dealkylation sites (N-methyl/N-ethyl adjacent to an activating group) is 1. The van der Waals surface area contributed by atoms with Crippen LogP contribution in [0.5, 0.6) is 5.75 Å². The molecule has 3 aromatic carbocycles. The van der Waals surface area contributed by atoms with E-state index in [0.29, 0.717) is 36.7 Å². The van der Waals surface area contributed by atoms with Crippen LogP contribution in [0.3, 0.4) is 0 Å². The van der Waals surface area contributed by atoms with Crippen LogP contribution in [0.4, 0.5) is 16.2 Å². The van der Waals surface area contributed by atoms with Crippen LogP contribution >= 0.6 is 11.6 Å². The molecule has 3 aromatic rings. The summed E-state index contributed by atoms with van der Waals surface area (Å²) in [5.41, 5.74) is 3.95. The maximum atomic E-state index is 14.1. The van der Waals surface area contributed by atoms with E-state index in [0.717, 1.165) is 49.6 Å². The molecule has 3 aliphatic heterocycles. The van der Waals surface area contributed by atoms with Crippen molar-refractivity contribution in [2.24, 2.45) is 0 Å². The highest BCUT2D eigenvalue weighted by molar-refractivity contribution is 6.36. The van der Waals surface area contributed by atoms with Gasteiger partial charge in [0.2, 0.25) is 0 Å². The minimum Gasteiger partial charge on any atom is -0.493 e. The highest BCUT2D eigenvalue weighted by Crippen LogP contribution is 2.43. The summed E-state index contributed by atoms with van der Waals surface area (Å²) in [6.45, 7) is 9.53. The van der Waals surface area contributed by atoms with Gasteiger partial charge in [0.25, 0.3) is 5.91 Å². The van der Waals surface area contributed by atoms with E-state index in [1.165, 1.54) is 29.0 Å². The molecule has 0 radical (unpaired) electrons. The number of benzene rings is 3. The molecule has 3 saturated heterocycles. The van der Waals surface area contributed by atoms with Gasteiger partial charge in [0.15, 0.2) is 0 Å². The fraction of sp³-hybridized carbons (Fsp3) is 0.412. The Hall–Kier alpha value is -3.55. The number of carbonyl (C=O) groups is 2. The number of imide groups is 1. The number of para-hydroxylation sites is 1. The zero-order valence-electron chi connectivity index (χ0n) is 24.5. The molecule has 0 unspecified atom stereocenters. The van der Waals surface area contributed by atoms with Gasteiger partial charge in [-0.15, -0.1) is 0 Å². The zero-order valence-corrected chi connectivity index (χ0v) is 25.3. The van der Waals surface area contributed by atoms with Gasteiger partial charge in [-0.05, 0) is 81.0 Å². The molecule has 0 atom stereocenters. The molecule has 8 heteroatoms. The fourth-order valence-electron chi connectivity index (χ4n) is 6.82. The summed E-state index contributed by atoms with van der Waals surface area (Å²) in [6.07, 6.45) is 3.74. The SMILES string of the molecule is CCOc1ccccc1-c1ccc(N2C(=O)N(CC)C3(CCN(Cc4ccc(N5CCCC5)cc4)CC3)C2=O)c(Cl)c1. The minimum absolute atomic E-state index is 0.173. The average Bonchev–Trinajstić information content (AvgIpc) is 3.61. The lowest BCUT2D eigenvalue weighted by Gasteiger charge is -2.41. The van der Waals surface area contributed by atoms with Gasteiger partial charge >= 0.3 is 6.03 Å². The van der Waals surface area contributed by atoms with Crippen LogP contribution in [-0.4, -0.2) is 66.6 Å². The van der Waals surface area contributed by atoms with Gasteiger partial charge in [0, 0.05) is 50.5 Å². The lowest BCUT2D eigenvalue weighted by Crippen LogP contribution is -2.56. The van der Waals surface area contributed by atoms with Crippen LogP contribution in [-0.2, 0) is 11.3 Å². The molecule has 3 aliphatic rings. The first-order valence-corrected chi connectivity index (χ1v) is 15.6. The lowest BCUT2D eigenvalue weighted by molar-refractivity contribution is -0.127. The van der Waals surface area contributed by atoms with Gasteiger partial charge in [-0.1, -0.05) is 48.0 Å². The topological polar surface area (TPSA) is 56.3 Å². The second kappa shape index (κ2) is 12.0. The quantitative estimate of drug-likeness (QED) is 0.271. The molecule has 0 bridgehead atoms. The number of hydrogen-bond donors (Lipinski definition) is 0. The third-order valence-corrected chi connectivity index (χ3v) is 9.34. The number of likely N-dealkylation sites (tertiary alicyclic amines) is 1. The maximum absolute atomic E-state index is 14.1. The summed E-state index contributed by atoms with van der Waals surface area (Å²) >= 11 is 6.79. The number of anilines is 2. The number of rotatable bonds is 8. The van der Waals surface area contributed by atoms with Crippen LogP contribution in [0.2, 0.25) is 5.02 Å². The van der Waals surface area contributed by atoms with Crippen molar-refractivity contribution in [2.75, 3.05) is 49.1 Å². The fourth-order valence-corrected chi connectivity index (χ4v) is 7.08. The molecule has 3 amide bonds. The number of urea groups is 1. The number of piperidine rings is 1. The van der Waals surface area contributed by atoms with Crippen molar-refractivity contribution in [3.8, 4) is 16.9 Å². The number of amides is 3. The summed E-state index contributed by atoms with van der Waals surface area (Å²) in [7, 11) is 0. The first-order chi connectivity index (χ1) is 20.4. The van der Waals surface area contributed by atoms with Crippen LogP contribution in [0.25, 0.3) is 11.1 Å². The predicted molar refractivity (Wildman–Crippen MR) is 168 cm³/mol. The van der Waals surface area contributed by atoms with E-state index in [9.17, 15) is 9.59 Å². The summed E-state index contributed by atoms with van der Waals surface area (Å²) in [6, 6.07) is 21.9. The van der Waals surface area contributed by atoms with E-state index in [2.05, 4.69) is 34.1 Å². The highest BCUT2D eigenvalue weighted by Gasteiger charge is 2.58. The van der Waals surface area contributed by atoms with Crippen LogP contribution in [0.1, 0.15) is 45.1 Å². The Morgan fingerprint density at radius 3 is 2.26 bits per heavy atom. The Morgan fingerprint density at radius 1 is 0.881 bits per heavy atom. The third-order valence-electron chi connectivity index (χ3n) is 9.04. The summed E-state index contributed by atoms with van der Waals surface area (Å²) in [5.74, 6) is 0.593. The lowest BCUT2D eigenvalue weighted by atomic mass is 9.85. The summed E-state index contributed by atoms with van der Waals surface area (Å²) in [4.78, 5) is 35.7. The first-order valence-electron chi connectivity index (χ1n) is 15.2. The van der Waals surface area contributed by atoms with Gasteiger partial charge in [-0.2, -0.15) is 0 Å². The Bertz CT molecular complexity index is 1450. The van der Waals surface area contributed by atoms with Gasteiger partial charge in [-0.25, -0.2) is 9.69 Å². The van der Waals surface area contributed by atoms with Crippen molar-refractivity contribution in [2.45, 2.75) is 51.6 Å². The Morgan fingerprint density at radius 2 is 1.60 bits per heavy atom. The van der Waals surface area contributed by atoms with E-state index in [-0.39, 0.29) is 11.9 Å². The molecule has 42 heavy (non-hydrogen) atoms. The molecule has 3 heterocycles. The number of ether oxygens (including phenoxy) is 1. The Labute approximate surface area is 253 Å². The molecular formula is C34H39ClN4O3. The first kappa shape index (κ1) is 28.6. The number of halogens is 1. The molecule has 3 fully saturated rings. The molecule has 0 N–H and O–H groups in total. The Kier molecular flexibility index (Phi) is 8.15. The van der Waals surface area contributed by atoms with Gasteiger partial charge in [-0.3, -0.25) is 9.69 Å². The highest BCUT2D eigenvalue weighted by atomic mass is 35.5. The van der Waals surface area contributed by atoms with Gasteiger partial charge in [0.1, 0.15) is 11.3 Å². The van der Waals surface area contributed by atoms with Crippen LogP contribution < -0.4 is 14.5 Å². The maximum Gasteiger partial charge on any atom is 0.332 e. The smallest absolute Gasteiger partial charge is 0.332 e. The number of nitrogens with zero attached hydrogens (tertiary/aromatic N) is 4. The van der Waals surface area contributed by atoms with E-state index in [4.69, 9.17) is 16.3 Å². The molecule has 220 valence electrons. The van der Waals surface area contributed by atoms with Crippen molar-refractivity contribution in [1.29, 1.82) is 0 Å². The third kappa shape index (κ3) is 5.13. The molecule has 0 aromatic heterocycles. The van der Waals surface area contributed by atoms with Crippen molar-refractivity contribution in [1.82, 2.24) is 9.80 Å². The molecule has 1 spiro atoms. The van der Waals surface area contributed by atoms with Crippen LogP contribution in [0, 0.1) is 0 Å². The Balaban J connectivity index is 1.17. The molecule has 6 rings (SSSR count).